The fourth-order valence-corrected chi connectivity index (χ4v) is 10.4. The monoisotopic (exact) mass is 868 g/mol. The number of nitrogens with one attached hydrogen (secondary N) is 1. The van der Waals surface area contributed by atoms with Crippen LogP contribution in [0.5, 0.6) is 0 Å². The summed E-state index contributed by atoms with van der Waals surface area (Å²) in [6, 6.07) is 85.0. The Morgan fingerprint density at radius 1 is 0.368 bits per heavy atom. The number of pyridine rings is 1. The molecule has 4 heterocycles. The molecule has 0 fully saturated rings. The normalized spacial score (nSPS) is 13.6. The lowest BCUT2D eigenvalue weighted by molar-refractivity contribution is 0.737. The Kier molecular flexibility index (Phi) is 9.54. The predicted molar refractivity (Wildman–Crippen MR) is 284 cm³/mol. The first-order valence-electron chi connectivity index (χ1n) is 23.3. The van der Waals surface area contributed by atoms with Crippen LogP contribution in [-0.4, -0.2) is 14.1 Å². The minimum absolute atomic E-state index is 0.0763. The lowest BCUT2D eigenvalue weighted by Crippen LogP contribution is -2.24. The second kappa shape index (κ2) is 16.5. The molecule has 4 nitrogen and oxygen atoms in total. The molecule has 0 spiro atoms. The van der Waals surface area contributed by atoms with Crippen LogP contribution in [0, 0.1) is 0 Å². The molecule has 320 valence electrons. The Balaban J connectivity index is 0.972. The van der Waals surface area contributed by atoms with E-state index in [1.54, 1.807) is 0 Å². The third-order valence-corrected chi connectivity index (χ3v) is 13.5. The summed E-state index contributed by atoms with van der Waals surface area (Å²) in [6.07, 6.45) is 6.70. The smallest absolute Gasteiger partial charge is 0.138 e. The molecule has 1 atom stereocenters. The van der Waals surface area contributed by atoms with Gasteiger partial charge in [0.1, 0.15) is 11.6 Å². The van der Waals surface area contributed by atoms with Gasteiger partial charge in [-0.15, -0.1) is 0 Å². The molecular formula is C64H44N4. The Bertz CT molecular complexity index is 3800. The van der Waals surface area contributed by atoms with E-state index in [1.807, 2.05) is 0 Å². The molecule has 4 heteroatoms. The predicted octanol–water partition coefficient (Wildman–Crippen LogP) is 16.3. The van der Waals surface area contributed by atoms with Crippen molar-refractivity contribution in [2.24, 2.45) is 0 Å². The summed E-state index contributed by atoms with van der Waals surface area (Å²) in [5, 5.41) is 8.81. The molecule has 3 aromatic heterocycles. The Morgan fingerprint density at radius 3 is 1.46 bits per heavy atom. The van der Waals surface area contributed by atoms with Crippen LogP contribution in [0.1, 0.15) is 11.6 Å². The zero-order valence-corrected chi connectivity index (χ0v) is 37.2. The molecule has 0 radical (unpaired) electrons. The zero-order valence-electron chi connectivity index (χ0n) is 37.2. The molecule has 0 aliphatic carbocycles. The lowest BCUT2D eigenvalue weighted by atomic mass is 9.93. The van der Waals surface area contributed by atoms with Crippen molar-refractivity contribution in [2.75, 3.05) is 0 Å². The van der Waals surface area contributed by atoms with Gasteiger partial charge < -0.3 is 5.32 Å². The molecule has 0 bridgehead atoms. The van der Waals surface area contributed by atoms with E-state index in [0.29, 0.717) is 0 Å². The number of hydrogen-bond acceptors (Lipinski definition) is 2. The third kappa shape index (κ3) is 6.81. The number of allylic oxidation sites excluding steroid dienone is 2. The zero-order chi connectivity index (χ0) is 45.0. The molecule has 12 aromatic rings. The minimum atomic E-state index is -0.0763. The van der Waals surface area contributed by atoms with Gasteiger partial charge in [0.2, 0.25) is 0 Å². The first kappa shape index (κ1) is 39.4. The van der Waals surface area contributed by atoms with Crippen LogP contribution < -0.4 is 5.32 Å². The third-order valence-electron chi connectivity index (χ3n) is 13.5. The number of fused-ring (bicyclic) bond motifs is 7. The first-order chi connectivity index (χ1) is 33.7. The fraction of sp³-hybridized carbons (Fsp3) is 0.0156. The molecule has 1 unspecified atom stereocenters. The van der Waals surface area contributed by atoms with Crippen molar-refractivity contribution >= 4 is 49.4 Å². The van der Waals surface area contributed by atoms with E-state index in [4.69, 9.17) is 4.98 Å². The van der Waals surface area contributed by atoms with E-state index >= 15 is 0 Å². The number of para-hydroxylation sites is 2. The number of nitrogens with zero attached hydrogens (tertiary/aromatic N) is 3. The average Bonchev–Trinajstić information content (AvgIpc) is 3.95. The number of hydrogen-bond donors (Lipinski definition) is 1. The SMILES string of the molecule is C1=CC(c2cc(-c3ccccc3)cc(-c3ccccc3)c2)NC(n2c3ccccc3c3ccc4c(c5ccccc5n4-c4cccc(-c5cc(-c6ccccc6)cc(-c6ccccc6)c5)n4)c32)=C1. The summed E-state index contributed by atoms with van der Waals surface area (Å²) in [5.74, 6) is 1.89. The van der Waals surface area contributed by atoms with E-state index in [-0.39, 0.29) is 6.04 Å². The van der Waals surface area contributed by atoms with Crippen molar-refractivity contribution in [2.45, 2.75) is 6.04 Å². The number of aromatic nitrogens is 3. The summed E-state index contributed by atoms with van der Waals surface area (Å²) in [7, 11) is 0. The van der Waals surface area contributed by atoms with Crippen molar-refractivity contribution in [1.29, 1.82) is 0 Å². The topological polar surface area (TPSA) is 34.8 Å². The van der Waals surface area contributed by atoms with Crippen LogP contribution in [0.2, 0.25) is 0 Å². The number of rotatable bonds is 8. The van der Waals surface area contributed by atoms with Gasteiger partial charge in [-0.3, -0.25) is 9.13 Å². The molecular weight excluding hydrogens is 825 g/mol. The highest BCUT2D eigenvalue weighted by molar-refractivity contribution is 6.26. The molecule has 0 amide bonds. The van der Waals surface area contributed by atoms with Gasteiger partial charge in [-0.1, -0.05) is 182 Å². The van der Waals surface area contributed by atoms with Gasteiger partial charge in [0.05, 0.1) is 33.8 Å². The van der Waals surface area contributed by atoms with E-state index < -0.39 is 0 Å². The maximum absolute atomic E-state index is 5.52. The van der Waals surface area contributed by atoms with Crippen molar-refractivity contribution < 1.29 is 0 Å². The highest BCUT2D eigenvalue weighted by Gasteiger charge is 2.24. The van der Waals surface area contributed by atoms with Crippen LogP contribution in [-0.2, 0) is 0 Å². The van der Waals surface area contributed by atoms with Gasteiger partial charge in [-0.2, -0.15) is 0 Å². The maximum atomic E-state index is 5.52. The molecule has 68 heavy (non-hydrogen) atoms. The van der Waals surface area contributed by atoms with Crippen LogP contribution in [0.3, 0.4) is 0 Å². The van der Waals surface area contributed by atoms with Crippen LogP contribution in [0.4, 0.5) is 0 Å². The summed E-state index contributed by atoms with van der Waals surface area (Å²) in [6.45, 7) is 0. The average molecular weight is 869 g/mol. The standard InChI is InChI=1S/C64H44N4/c1-5-19-43(20-6-1)47-37-48(44-21-7-2-8-22-44)40-51(39-47)56-29-17-33-61(65-56)67-59-32-16-14-28-55(59)63-60(67)36-35-54-53-27-13-15-31-58(53)68(64(54)63)62-34-18-30-57(66-62)52-41-49(45-23-9-3-10-24-45)38-50(42-52)46-25-11-4-12-26-46/h1-42,57,66H. The maximum Gasteiger partial charge on any atom is 0.138 e. The van der Waals surface area contributed by atoms with E-state index in [2.05, 4.69) is 269 Å². The molecule has 1 N–H and O–H groups in total. The van der Waals surface area contributed by atoms with Gasteiger partial charge >= 0.3 is 0 Å². The quantitative estimate of drug-likeness (QED) is 0.165. The molecule has 0 saturated heterocycles. The van der Waals surface area contributed by atoms with Gasteiger partial charge in [-0.05, 0) is 123 Å². The van der Waals surface area contributed by atoms with Gasteiger partial charge in [0.25, 0.3) is 0 Å². The number of benzene rings is 9. The molecule has 13 rings (SSSR count). The Morgan fingerprint density at radius 2 is 0.868 bits per heavy atom. The highest BCUT2D eigenvalue weighted by atomic mass is 15.2. The molecule has 1 aliphatic rings. The van der Waals surface area contributed by atoms with Gasteiger partial charge in [0.15, 0.2) is 0 Å². The Labute approximate surface area is 395 Å². The molecule has 0 saturated carbocycles. The van der Waals surface area contributed by atoms with E-state index in [1.165, 1.54) is 60.5 Å². The summed E-state index contributed by atoms with van der Waals surface area (Å²) in [4.78, 5) is 5.52. The lowest BCUT2D eigenvalue weighted by Gasteiger charge is -2.25. The van der Waals surface area contributed by atoms with Gasteiger partial charge in [0, 0.05) is 27.1 Å². The largest absolute Gasteiger partial charge is 0.361 e. The second-order valence-corrected chi connectivity index (χ2v) is 17.6. The van der Waals surface area contributed by atoms with Crippen molar-refractivity contribution in [3.05, 3.63) is 260 Å². The van der Waals surface area contributed by atoms with Crippen molar-refractivity contribution in [3.63, 3.8) is 0 Å². The summed E-state index contributed by atoms with van der Waals surface area (Å²) >= 11 is 0. The van der Waals surface area contributed by atoms with Crippen LogP contribution >= 0.6 is 0 Å². The van der Waals surface area contributed by atoms with Gasteiger partial charge in [-0.25, -0.2) is 4.98 Å². The minimum Gasteiger partial charge on any atom is -0.361 e. The van der Waals surface area contributed by atoms with Crippen molar-refractivity contribution in [3.8, 4) is 61.6 Å². The van der Waals surface area contributed by atoms with E-state index in [9.17, 15) is 0 Å². The summed E-state index contributed by atoms with van der Waals surface area (Å²) in [5.41, 5.74) is 17.1. The van der Waals surface area contributed by atoms with Crippen molar-refractivity contribution in [1.82, 2.24) is 19.4 Å². The highest BCUT2D eigenvalue weighted by Crippen LogP contribution is 2.43. The fourth-order valence-electron chi connectivity index (χ4n) is 10.4. The first-order valence-corrected chi connectivity index (χ1v) is 23.3. The number of dihydropyridines is 1. The second-order valence-electron chi connectivity index (χ2n) is 17.6. The Hall–Kier alpha value is -8.99. The van der Waals surface area contributed by atoms with Crippen LogP contribution in [0.15, 0.2) is 255 Å². The van der Waals surface area contributed by atoms with Crippen LogP contribution in [0.25, 0.3) is 111 Å². The molecule has 1 aliphatic heterocycles. The molecule has 9 aromatic carbocycles. The van der Waals surface area contributed by atoms with E-state index in [0.717, 1.165) is 56.1 Å². The summed E-state index contributed by atoms with van der Waals surface area (Å²) < 4.78 is 4.80.